The van der Waals surface area contributed by atoms with E-state index in [0.717, 1.165) is 23.2 Å². The van der Waals surface area contributed by atoms with Gasteiger partial charge in [0.1, 0.15) is 0 Å². The molecule has 1 atom stereocenters. The number of nitrogens with zero attached hydrogens (tertiary/aromatic N) is 3. The van der Waals surface area contributed by atoms with Crippen molar-refractivity contribution < 1.29 is 12.9 Å². The van der Waals surface area contributed by atoms with Gasteiger partial charge in [-0.15, -0.1) is 0 Å². The molecule has 1 aromatic heterocycles. The van der Waals surface area contributed by atoms with E-state index in [4.69, 9.17) is 9.66 Å². The third-order valence-corrected chi connectivity index (χ3v) is 5.73. The maximum Gasteiger partial charge on any atom is 0.246 e. The van der Waals surface area contributed by atoms with Gasteiger partial charge in [0.25, 0.3) is 0 Å². The van der Waals surface area contributed by atoms with Crippen LogP contribution in [0.25, 0.3) is 11.4 Å². The highest BCUT2D eigenvalue weighted by molar-refractivity contribution is 7.89. The van der Waals surface area contributed by atoms with Crippen molar-refractivity contribution in [2.45, 2.75) is 37.8 Å². The van der Waals surface area contributed by atoms with Crippen LogP contribution in [-0.2, 0) is 23.0 Å². The van der Waals surface area contributed by atoms with Crippen LogP contribution in [0.4, 0.5) is 5.69 Å². The fraction of sp³-hybridized carbons (Fsp3) is 0.263. The van der Waals surface area contributed by atoms with Gasteiger partial charge in [-0.3, -0.25) is 0 Å². The first-order valence-corrected chi connectivity index (χ1v) is 10.2. The molecule has 2 heterocycles. The Morgan fingerprint density at radius 2 is 1.96 bits per heavy atom. The van der Waals surface area contributed by atoms with E-state index in [-0.39, 0.29) is 10.9 Å². The zero-order valence-corrected chi connectivity index (χ0v) is 15.9. The van der Waals surface area contributed by atoms with E-state index in [1.54, 1.807) is 12.1 Å². The van der Waals surface area contributed by atoms with E-state index in [1.165, 1.54) is 11.6 Å². The zero-order chi connectivity index (χ0) is 19.2. The number of nitrogens with two attached hydrogens (primary N) is 1. The second-order valence-electron chi connectivity index (χ2n) is 6.89. The summed E-state index contributed by atoms with van der Waals surface area (Å²) in [6, 6.07) is 13.1. The van der Waals surface area contributed by atoms with Crippen LogP contribution in [-0.4, -0.2) is 24.6 Å². The van der Waals surface area contributed by atoms with E-state index in [0.29, 0.717) is 18.3 Å². The summed E-state index contributed by atoms with van der Waals surface area (Å²) in [4.78, 5) is 6.77. The van der Waals surface area contributed by atoms with Crippen LogP contribution in [0.5, 0.6) is 0 Å². The molecule has 0 amide bonds. The zero-order valence-electron chi connectivity index (χ0n) is 15.1. The summed E-state index contributed by atoms with van der Waals surface area (Å²) in [5.41, 5.74) is 3.99. The van der Waals surface area contributed by atoms with Crippen molar-refractivity contribution in [1.29, 1.82) is 0 Å². The summed E-state index contributed by atoms with van der Waals surface area (Å²) < 4.78 is 28.6. The summed E-state index contributed by atoms with van der Waals surface area (Å²) in [6.45, 7) is 4.56. The minimum absolute atomic E-state index is 0.134. The summed E-state index contributed by atoms with van der Waals surface area (Å²) in [6.07, 6.45) is 0.734. The fourth-order valence-corrected chi connectivity index (χ4v) is 3.94. The highest BCUT2D eigenvalue weighted by Gasteiger charge is 2.28. The molecule has 0 aliphatic carbocycles. The Labute approximate surface area is 157 Å². The summed E-state index contributed by atoms with van der Waals surface area (Å²) in [7, 11) is -3.71. The van der Waals surface area contributed by atoms with Crippen molar-refractivity contribution in [1.82, 2.24) is 10.1 Å². The van der Waals surface area contributed by atoms with Crippen molar-refractivity contribution in [3.05, 3.63) is 59.5 Å². The molecule has 2 aromatic carbocycles. The van der Waals surface area contributed by atoms with E-state index in [1.807, 2.05) is 31.2 Å². The Balaban J connectivity index is 1.58. The maximum atomic E-state index is 11.6. The van der Waals surface area contributed by atoms with Gasteiger partial charge in [-0.05, 0) is 44.0 Å². The number of primary sulfonamides is 1. The molecule has 0 saturated carbocycles. The Bertz CT molecular complexity index is 1090. The Hall–Kier alpha value is -2.71. The molecular weight excluding hydrogens is 364 g/mol. The van der Waals surface area contributed by atoms with E-state index in [9.17, 15) is 8.42 Å². The van der Waals surface area contributed by atoms with E-state index < -0.39 is 10.0 Å². The number of hydrogen-bond acceptors (Lipinski definition) is 6. The van der Waals surface area contributed by atoms with Crippen LogP contribution in [0.2, 0.25) is 0 Å². The van der Waals surface area contributed by atoms with Gasteiger partial charge in [-0.1, -0.05) is 35.0 Å². The molecule has 0 spiro atoms. The molecule has 1 aliphatic heterocycles. The molecule has 1 unspecified atom stereocenters. The van der Waals surface area contributed by atoms with Crippen LogP contribution in [0.1, 0.15) is 23.9 Å². The Morgan fingerprint density at radius 3 is 2.67 bits per heavy atom. The summed E-state index contributed by atoms with van der Waals surface area (Å²) in [5.74, 6) is 1.07. The maximum absolute atomic E-state index is 11.6. The molecule has 0 bridgehead atoms. The lowest BCUT2D eigenvalue weighted by Crippen LogP contribution is -2.28. The quantitative estimate of drug-likeness (QED) is 0.742. The lowest BCUT2D eigenvalue weighted by Gasteiger charge is -2.22. The molecule has 0 saturated heterocycles. The Kier molecular flexibility index (Phi) is 4.24. The van der Waals surface area contributed by atoms with Crippen molar-refractivity contribution >= 4 is 15.7 Å². The van der Waals surface area contributed by atoms with Crippen LogP contribution in [0.3, 0.4) is 0 Å². The molecule has 3 aromatic rings. The van der Waals surface area contributed by atoms with E-state index in [2.05, 4.69) is 22.0 Å². The van der Waals surface area contributed by atoms with Gasteiger partial charge in [-0.2, -0.15) is 4.98 Å². The molecule has 0 fully saturated rings. The highest BCUT2D eigenvalue weighted by atomic mass is 32.2. The molecule has 1 aliphatic rings. The van der Waals surface area contributed by atoms with Crippen molar-refractivity contribution in [2.75, 3.05) is 4.90 Å². The minimum Gasteiger partial charge on any atom is -0.359 e. The first-order valence-electron chi connectivity index (χ1n) is 8.63. The standard InChI is InChI=1S/C19H20N4O3S/c1-12-3-5-14(6-4-12)19-21-18(26-22-19)11-23-13(2)9-15-10-16(27(20,24)25)7-8-17(15)23/h3-8,10,13H,9,11H2,1-2H3,(H2,20,24,25). The fourth-order valence-electron chi connectivity index (χ4n) is 3.37. The van der Waals surface area contributed by atoms with Crippen molar-refractivity contribution in [3.8, 4) is 11.4 Å². The number of fused-ring (bicyclic) bond motifs is 1. The predicted molar refractivity (Wildman–Crippen MR) is 102 cm³/mol. The second-order valence-corrected chi connectivity index (χ2v) is 8.46. The third-order valence-electron chi connectivity index (χ3n) is 4.82. The van der Waals surface area contributed by atoms with Gasteiger partial charge >= 0.3 is 0 Å². The molecule has 8 heteroatoms. The molecular formula is C19H20N4O3S. The number of sulfonamides is 1. The van der Waals surface area contributed by atoms with Crippen LogP contribution >= 0.6 is 0 Å². The normalized spacial score (nSPS) is 16.6. The van der Waals surface area contributed by atoms with Gasteiger partial charge in [-0.25, -0.2) is 13.6 Å². The average molecular weight is 384 g/mol. The topological polar surface area (TPSA) is 102 Å². The van der Waals surface area contributed by atoms with Gasteiger partial charge < -0.3 is 9.42 Å². The number of aromatic nitrogens is 2. The van der Waals surface area contributed by atoms with Crippen molar-refractivity contribution in [2.24, 2.45) is 5.14 Å². The molecule has 2 N–H and O–H groups in total. The van der Waals surface area contributed by atoms with Gasteiger partial charge in [0.05, 0.1) is 11.4 Å². The van der Waals surface area contributed by atoms with Crippen LogP contribution in [0, 0.1) is 6.92 Å². The summed E-state index contributed by atoms with van der Waals surface area (Å²) >= 11 is 0. The molecule has 140 valence electrons. The predicted octanol–water partition coefficient (Wildman–Crippen LogP) is 2.64. The minimum atomic E-state index is -3.71. The smallest absolute Gasteiger partial charge is 0.246 e. The van der Waals surface area contributed by atoms with Crippen LogP contribution < -0.4 is 10.0 Å². The van der Waals surface area contributed by atoms with Gasteiger partial charge in [0, 0.05) is 17.3 Å². The number of benzene rings is 2. The first-order chi connectivity index (χ1) is 12.8. The SMILES string of the molecule is Cc1ccc(-c2noc(CN3c4ccc(S(N)(=O)=O)cc4CC3C)n2)cc1. The largest absolute Gasteiger partial charge is 0.359 e. The monoisotopic (exact) mass is 384 g/mol. The molecule has 4 rings (SSSR count). The number of aryl methyl sites for hydroxylation is 1. The first kappa shape index (κ1) is 17.7. The molecule has 0 radical (unpaired) electrons. The molecule has 27 heavy (non-hydrogen) atoms. The number of rotatable bonds is 4. The van der Waals surface area contributed by atoms with Gasteiger partial charge in [0.2, 0.25) is 21.7 Å². The second kappa shape index (κ2) is 6.47. The highest BCUT2D eigenvalue weighted by Crippen LogP contribution is 2.34. The third kappa shape index (κ3) is 3.45. The van der Waals surface area contributed by atoms with Crippen molar-refractivity contribution in [3.63, 3.8) is 0 Å². The van der Waals surface area contributed by atoms with E-state index >= 15 is 0 Å². The number of hydrogen-bond donors (Lipinski definition) is 1. The summed E-state index contributed by atoms with van der Waals surface area (Å²) in [5, 5.41) is 9.31. The molecule has 7 nitrogen and oxygen atoms in total. The lowest BCUT2D eigenvalue weighted by molar-refractivity contribution is 0.374. The van der Waals surface area contributed by atoms with Crippen LogP contribution in [0.15, 0.2) is 51.9 Å². The lowest BCUT2D eigenvalue weighted by atomic mass is 10.1. The average Bonchev–Trinajstić information content (AvgIpc) is 3.20. The Morgan fingerprint density at radius 1 is 1.22 bits per heavy atom. The van der Waals surface area contributed by atoms with Gasteiger partial charge in [0.15, 0.2) is 0 Å². The number of anilines is 1.